The molecule has 0 aromatic heterocycles. The Kier molecular flexibility index (Phi) is 3.39. The molecule has 0 bridgehead atoms. The second-order valence-electron chi connectivity index (χ2n) is 4.29. The van der Waals surface area contributed by atoms with E-state index >= 15 is 0 Å². The zero-order valence-corrected chi connectivity index (χ0v) is 9.20. The molecule has 1 N–H and O–H groups in total. The Morgan fingerprint density at radius 1 is 1.41 bits per heavy atom. The van der Waals surface area contributed by atoms with E-state index in [-0.39, 0.29) is 38.4 Å². The zero-order valence-electron chi connectivity index (χ0n) is 9.20. The van der Waals surface area contributed by atoms with Crippen LogP contribution in [0.25, 0.3) is 0 Å². The second kappa shape index (κ2) is 4.66. The lowest BCUT2D eigenvalue weighted by Gasteiger charge is -2.33. The van der Waals surface area contributed by atoms with E-state index < -0.39 is 18.2 Å². The third kappa shape index (κ3) is 2.78. The van der Waals surface area contributed by atoms with Crippen molar-refractivity contribution in [1.82, 2.24) is 10.2 Å². The van der Waals surface area contributed by atoms with Gasteiger partial charge in [-0.25, -0.2) is 8.78 Å². The highest BCUT2D eigenvalue weighted by atomic mass is 19.3. The smallest absolute Gasteiger partial charge is 0.251 e. The number of nitrogens with one attached hydrogen (secondary N) is 1. The lowest BCUT2D eigenvalue weighted by molar-refractivity contribution is -0.139. The van der Waals surface area contributed by atoms with Crippen molar-refractivity contribution in [1.29, 1.82) is 0 Å². The Bertz CT molecular complexity index is 315. The summed E-state index contributed by atoms with van der Waals surface area (Å²) in [6.07, 6.45) is -0.806. The predicted octanol–water partition coefficient (Wildman–Crippen LogP) is -0.243. The fourth-order valence-corrected chi connectivity index (χ4v) is 1.99. The maximum Gasteiger partial charge on any atom is 0.251 e. The molecule has 5 nitrogen and oxygen atoms in total. The van der Waals surface area contributed by atoms with E-state index in [1.165, 1.54) is 4.90 Å². The molecule has 0 spiro atoms. The van der Waals surface area contributed by atoms with Crippen molar-refractivity contribution in [2.45, 2.75) is 31.0 Å². The van der Waals surface area contributed by atoms with E-state index in [4.69, 9.17) is 4.74 Å². The number of rotatable bonds is 2. The van der Waals surface area contributed by atoms with Crippen molar-refractivity contribution in [3.8, 4) is 0 Å². The number of nitrogens with zero attached hydrogens (tertiary/aromatic N) is 1. The van der Waals surface area contributed by atoms with Gasteiger partial charge in [-0.15, -0.1) is 0 Å². The minimum absolute atomic E-state index is 0.0514. The van der Waals surface area contributed by atoms with Crippen LogP contribution in [0.3, 0.4) is 0 Å². The lowest BCUT2D eigenvalue weighted by atomic mass is 10.1. The number of hydrogen-bond acceptors (Lipinski definition) is 4. The summed E-state index contributed by atoms with van der Waals surface area (Å²) < 4.78 is 30.8. The van der Waals surface area contributed by atoms with E-state index in [1.807, 2.05) is 0 Å². The SMILES string of the molecule is O=CC1NC(C(=O)N2CCC(F)(F)CC2)CO1. The number of likely N-dealkylation sites (tertiary alicyclic amines) is 1. The third-order valence-corrected chi connectivity index (χ3v) is 3.04. The van der Waals surface area contributed by atoms with Gasteiger partial charge in [0.2, 0.25) is 5.91 Å². The molecule has 2 heterocycles. The third-order valence-electron chi connectivity index (χ3n) is 3.04. The van der Waals surface area contributed by atoms with E-state index in [0.29, 0.717) is 6.29 Å². The van der Waals surface area contributed by atoms with Gasteiger partial charge in [-0.3, -0.25) is 14.9 Å². The van der Waals surface area contributed by atoms with Crippen molar-refractivity contribution in [3.05, 3.63) is 0 Å². The number of carbonyl (C=O) groups excluding carboxylic acids is 2. The molecule has 0 aromatic carbocycles. The summed E-state index contributed by atoms with van der Waals surface area (Å²) in [7, 11) is 0. The molecule has 2 saturated heterocycles. The molecule has 96 valence electrons. The molecule has 7 heteroatoms. The molecule has 0 radical (unpaired) electrons. The molecule has 2 fully saturated rings. The minimum atomic E-state index is -2.66. The van der Waals surface area contributed by atoms with Crippen LogP contribution in [0, 0.1) is 0 Å². The van der Waals surface area contributed by atoms with E-state index in [9.17, 15) is 18.4 Å². The predicted molar refractivity (Wildman–Crippen MR) is 53.5 cm³/mol. The molecule has 0 aromatic rings. The van der Waals surface area contributed by atoms with Crippen molar-refractivity contribution in [2.24, 2.45) is 0 Å². The summed E-state index contributed by atoms with van der Waals surface area (Å²) in [6.45, 7) is 0.209. The fraction of sp³-hybridized carbons (Fsp3) is 0.800. The van der Waals surface area contributed by atoms with Crippen LogP contribution in [0.5, 0.6) is 0 Å². The van der Waals surface area contributed by atoms with Gasteiger partial charge in [0, 0.05) is 25.9 Å². The van der Waals surface area contributed by atoms with Crippen LogP contribution in [0.2, 0.25) is 0 Å². The average molecular weight is 248 g/mol. The lowest BCUT2D eigenvalue weighted by Crippen LogP contribution is -2.50. The first-order valence-electron chi connectivity index (χ1n) is 5.51. The van der Waals surface area contributed by atoms with Crippen LogP contribution < -0.4 is 5.32 Å². The number of amides is 1. The van der Waals surface area contributed by atoms with Gasteiger partial charge in [-0.05, 0) is 0 Å². The van der Waals surface area contributed by atoms with Gasteiger partial charge in [-0.1, -0.05) is 0 Å². The van der Waals surface area contributed by atoms with E-state index in [2.05, 4.69) is 5.32 Å². The standard InChI is InChI=1S/C10H14F2N2O3/c11-10(12)1-3-14(4-2-10)9(16)7-6-17-8(5-15)13-7/h5,7-8,13H,1-4,6H2. The Hall–Kier alpha value is -1.08. The summed E-state index contributed by atoms with van der Waals surface area (Å²) in [6, 6.07) is -0.600. The van der Waals surface area contributed by atoms with Crippen LogP contribution in [-0.2, 0) is 14.3 Å². The maximum atomic E-state index is 12.9. The normalized spacial score (nSPS) is 32.5. The van der Waals surface area contributed by atoms with E-state index in [0.717, 1.165) is 0 Å². The first-order chi connectivity index (χ1) is 8.02. The summed E-state index contributed by atoms with van der Waals surface area (Å²) in [5, 5.41) is 2.69. The molecule has 2 unspecified atom stereocenters. The van der Waals surface area contributed by atoms with Gasteiger partial charge in [0.1, 0.15) is 6.04 Å². The molecule has 2 aliphatic rings. The number of halogens is 2. The molecule has 17 heavy (non-hydrogen) atoms. The molecule has 2 rings (SSSR count). The number of carbonyl (C=O) groups is 2. The number of alkyl halides is 2. The molecular formula is C10H14F2N2O3. The molecule has 0 aliphatic carbocycles. The summed E-state index contributed by atoms with van der Waals surface area (Å²) >= 11 is 0. The van der Waals surface area contributed by atoms with Gasteiger partial charge in [0.25, 0.3) is 5.92 Å². The van der Waals surface area contributed by atoms with Crippen LogP contribution in [0.15, 0.2) is 0 Å². The van der Waals surface area contributed by atoms with Gasteiger partial charge in [0.15, 0.2) is 12.5 Å². The number of hydrogen-bond donors (Lipinski definition) is 1. The quantitative estimate of drug-likeness (QED) is 0.685. The largest absolute Gasteiger partial charge is 0.354 e. The highest BCUT2D eigenvalue weighted by molar-refractivity contribution is 5.83. The van der Waals surface area contributed by atoms with Crippen molar-refractivity contribution in [3.63, 3.8) is 0 Å². The minimum Gasteiger partial charge on any atom is -0.354 e. The van der Waals surface area contributed by atoms with Gasteiger partial charge in [-0.2, -0.15) is 0 Å². The Morgan fingerprint density at radius 3 is 2.59 bits per heavy atom. The number of aldehydes is 1. The summed E-state index contributed by atoms with van der Waals surface area (Å²) in [4.78, 5) is 23.7. The monoisotopic (exact) mass is 248 g/mol. The summed E-state index contributed by atoms with van der Waals surface area (Å²) in [5.74, 6) is -2.94. The molecule has 2 aliphatic heterocycles. The molecule has 2 atom stereocenters. The Balaban J connectivity index is 1.87. The highest BCUT2D eigenvalue weighted by Gasteiger charge is 2.39. The van der Waals surface area contributed by atoms with Crippen LogP contribution >= 0.6 is 0 Å². The van der Waals surface area contributed by atoms with Gasteiger partial charge in [0.05, 0.1) is 6.61 Å². The Morgan fingerprint density at radius 2 is 2.06 bits per heavy atom. The maximum absolute atomic E-state index is 12.9. The highest BCUT2D eigenvalue weighted by Crippen LogP contribution is 2.28. The van der Waals surface area contributed by atoms with Gasteiger partial charge < -0.3 is 9.64 Å². The van der Waals surface area contributed by atoms with Crippen LogP contribution in [-0.4, -0.2) is 55.0 Å². The molecule has 1 amide bonds. The van der Waals surface area contributed by atoms with Crippen molar-refractivity contribution < 1.29 is 23.1 Å². The first-order valence-corrected chi connectivity index (χ1v) is 5.51. The topological polar surface area (TPSA) is 58.6 Å². The molecular weight excluding hydrogens is 234 g/mol. The fourth-order valence-electron chi connectivity index (χ4n) is 1.99. The second-order valence-corrected chi connectivity index (χ2v) is 4.29. The van der Waals surface area contributed by atoms with Gasteiger partial charge >= 0.3 is 0 Å². The van der Waals surface area contributed by atoms with Crippen LogP contribution in [0.4, 0.5) is 8.78 Å². The zero-order chi connectivity index (χ0) is 12.5. The summed E-state index contributed by atoms with van der Waals surface area (Å²) in [5.41, 5.74) is 0. The first kappa shape index (κ1) is 12.4. The van der Waals surface area contributed by atoms with Crippen LogP contribution in [0.1, 0.15) is 12.8 Å². The van der Waals surface area contributed by atoms with Crippen molar-refractivity contribution in [2.75, 3.05) is 19.7 Å². The number of piperidine rings is 1. The van der Waals surface area contributed by atoms with E-state index in [1.54, 1.807) is 0 Å². The molecule has 0 saturated carbocycles. The Labute approximate surface area is 97.1 Å². The van der Waals surface area contributed by atoms with Crippen molar-refractivity contribution >= 4 is 12.2 Å². The number of ether oxygens (including phenoxy) is 1. The average Bonchev–Trinajstić information content (AvgIpc) is 2.76.